The number of methoxy groups -OCH3 is 1. The van der Waals surface area contributed by atoms with Gasteiger partial charge in [-0.2, -0.15) is 0 Å². The first kappa shape index (κ1) is 18.9. The molecule has 138 valence electrons. The number of thiazole rings is 1. The Bertz CT molecular complexity index is 986. The van der Waals surface area contributed by atoms with Crippen molar-refractivity contribution < 1.29 is 14.3 Å². The molecular weight excluding hydrogens is 386 g/mol. The predicted molar refractivity (Wildman–Crippen MR) is 108 cm³/mol. The number of ether oxygens (including phenoxy) is 1. The van der Waals surface area contributed by atoms with Gasteiger partial charge < -0.3 is 15.4 Å². The van der Waals surface area contributed by atoms with E-state index in [0.717, 1.165) is 16.3 Å². The smallest absolute Gasteiger partial charge is 0.275 e. The number of carbonyl (C=O) groups excluding carboxylic acids is 2. The summed E-state index contributed by atoms with van der Waals surface area (Å²) in [7, 11) is 1.61. The average molecular weight is 402 g/mol. The van der Waals surface area contributed by atoms with E-state index >= 15 is 0 Å². The van der Waals surface area contributed by atoms with Gasteiger partial charge in [0.1, 0.15) is 16.5 Å². The molecule has 2 amide bonds. The van der Waals surface area contributed by atoms with Gasteiger partial charge in [0.05, 0.1) is 17.8 Å². The normalized spacial score (nSPS) is 10.3. The highest BCUT2D eigenvalue weighted by Crippen LogP contribution is 2.28. The molecule has 3 rings (SSSR count). The van der Waals surface area contributed by atoms with Crippen LogP contribution in [0.3, 0.4) is 0 Å². The molecule has 0 aliphatic rings. The van der Waals surface area contributed by atoms with Gasteiger partial charge in [-0.1, -0.05) is 11.6 Å². The third-order valence-electron chi connectivity index (χ3n) is 3.61. The number of aromatic nitrogens is 1. The highest BCUT2D eigenvalue weighted by atomic mass is 35.5. The van der Waals surface area contributed by atoms with Crippen LogP contribution in [0.15, 0.2) is 47.8 Å². The van der Waals surface area contributed by atoms with E-state index in [0.29, 0.717) is 22.1 Å². The second kappa shape index (κ2) is 8.20. The SMILES string of the molecule is COc1ccc(-c2nc(C(=O)Nc3ccc(NC(C)=O)cc3Cl)cs2)cc1. The van der Waals surface area contributed by atoms with Gasteiger partial charge in [0, 0.05) is 23.6 Å². The number of rotatable bonds is 5. The summed E-state index contributed by atoms with van der Waals surface area (Å²) in [4.78, 5) is 27.9. The number of hydrogen-bond acceptors (Lipinski definition) is 5. The molecule has 0 bridgehead atoms. The van der Waals surface area contributed by atoms with Gasteiger partial charge >= 0.3 is 0 Å². The van der Waals surface area contributed by atoms with Gasteiger partial charge in [-0.05, 0) is 42.5 Å². The van der Waals surface area contributed by atoms with E-state index in [4.69, 9.17) is 16.3 Å². The second-order valence-corrected chi connectivity index (χ2v) is 6.86. The third kappa shape index (κ3) is 4.64. The maximum Gasteiger partial charge on any atom is 0.275 e. The van der Waals surface area contributed by atoms with Crippen molar-refractivity contribution in [3.8, 4) is 16.3 Å². The van der Waals surface area contributed by atoms with E-state index in [2.05, 4.69) is 15.6 Å². The first-order chi connectivity index (χ1) is 13.0. The van der Waals surface area contributed by atoms with Crippen molar-refractivity contribution in [3.63, 3.8) is 0 Å². The zero-order valence-electron chi connectivity index (χ0n) is 14.6. The molecule has 0 atom stereocenters. The summed E-state index contributed by atoms with van der Waals surface area (Å²) in [5.41, 5.74) is 2.20. The Hall–Kier alpha value is -2.90. The molecule has 1 heterocycles. The lowest BCUT2D eigenvalue weighted by Crippen LogP contribution is -2.13. The molecule has 0 aliphatic carbocycles. The monoisotopic (exact) mass is 401 g/mol. The standard InChI is InChI=1S/C19H16ClN3O3S/c1-11(24)21-13-5-8-16(15(20)9-13)22-18(25)17-10-27-19(23-17)12-3-6-14(26-2)7-4-12/h3-10H,1-2H3,(H,21,24)(H,22,25). The van der Waals surface area contributed by atoms with Gasteiger partial charge in [0.25, 0.3) is 5.91 Å². The van der Waals surface area contributed by atoms with Gasteiger partial charge in [-0.3, -0.25) is 9.59 Å². The largest absolute Gasteiger partial charge is 0.497 e. The number of benzene rings is 2. The lowest BCUT2D eigenvalue weighted by Gasteiger charge is -2.08. The van der Waals surface area contributed by atoms with Crippen molar-refractivity contribution >= 4 is 46.1 Å². The molecule has 8 heteroatoms. The third-order valence-corrected chi connectivity index (χ3v) is 4.82. The van der Waals surface area contributed by atoms with Crippen LogP contribution >= 0.6 is 22.9 Å². The molecular formula is C19H16ClN3O3S. The molecule has 0 fully saturated rings. The number of nitrogens with zero attached hydrogens (tertiary/aromatic N) is 1. The van der Waals surface area contributed by atoms with E-state index in [1.54, 1.807) is 30.7 Å². The van der Waals surface area contributed by atoms with Crippen LogP contribution in [-0.2, 0) is 4.79 Å². The van der Waals surface area contributed by atoms with Crippen molar-refractivity contribution in [2.24, 2.45) is 0 Å². The molecule has 0 saturated heterocycles. The van der Waals surface area contributed by atoms with Gasteiger partial charge in [-0.15, -0.1) is 11.3 Å². The van der Waals surface area contributed by atoms with Crippen LogP contribution in [0, 0.1) is 0 Å². The zero-order chi connectivity index (χ0) is 19.4. The van der Waals surface area contributed by atoms with E-state index in [1.807, 2.05) is 24.3 Å². The highest BCUT2D eigenvalue weighted by molar-refractivity contribution is 7.13. The molecule has 6 nitrogen and oxygen atoms in total. The minimum atomic E-state index is -0.361. The molecule has 0 aliphatic heterocycles. The Morgan fingerprint density at radius 1 is 1.11 bits per heavy atom. The molecule has 0 unspecified atom stereocenters. The molecule has 2 N–H and O–H groups in total. The van der Waals surface area contributed by atoms with Crippen molar-refractivity contribution in [2.75, 3.05) is 17.7 Å². The maximum absolute atomic E-state index is 12.5. The summed E-state index contributed by atoms with van der Waals surface area (Å²) in [6.07, 6.45) is 0. The Labute approximate surface area is 165 Å². The summed E-state index contributed by atoms with van der Waals surface area (Å²) in [6, 6.07) is 12.3. The van der Waals surface area contributed by atoms with Crippen LogP contribution in [0.4, 0.5) is 11.4 Å². The Kier molecular flexibility index (Phi) is 5.73. The fraction of sp³-hybridized carbons (Fsp3) is 0.105. The van der Waals surface area contributed by atoms with E-state index < -0.39 is 0 Å². The van der Waals surface area contributed by atoms with Gasteiger partial charge in [0.2, 0.25) is 5.91 Å². The van der Waals surface area contributed by atoms with Gasteiger partial charge in [0.15, 0.2) is 0 Å². The van der Waals surface area contributed by atoms with Crippen molar-refractivity contribution in [1.82, 2.24) is 4.98 Å². The average Bonchev–Trinajstić information content (AvgIpc) is 3.14. The van der Waals surface area contributed by atoms with Crippen LogP contribution in [0.1, 0.15) is 17.4 Å². The summed E-state index contributed by atoms with van der Waals surface area (Å²) < 4.78 is 5.14. The first-order valence-electron chi connectivity index (χ1n) is 7.94. The molecule has 27 heavy (non-hydrogen) atoms. The number of halogens is 1. The summed E-state index contributed by atoms with van der Waals surface area (Å²) >= 11 is 7.55. The van der Waals surface area contributed by atoms with Crippen LogP contribution in [0.5, 0.6) is 5.75 Å². The van der Waals surface area contributed by atoms with E-state index in [-0.39, 0.29) is 11.8 Å². The number of nitrogens with one attached hydrogen (secondary N) is 2. The first-order valence-corrected chi connectivity index (χ1v) is 9.20. The maximum atomic E-state index is 12.5. The number of hydrogen-bond donors (Lipinski definition) is 2. The van der Waals surface area contributed by atoms with Crippen LogP contribution in [0.2, 0.25) is 5.02 Å². The summed E-state index contributed by atoms with van der Waals surface area (Å²) in [6.45, 7) is 1.41. The number of carbonyl (C=O) groups is 2. The molecule has 2 aromatic carbocycles. The summed E-state index contributed by atoms with van der Waals surface area (Å²) in [5.74, 6) is 0.196. The van der Waals surface area contributed by atoms with Crippen molar-refractivity contribution in [3.05, 3.63) is 58.6 Å². The molecule has 3 aromatic rings. The number of anilines is 2. The Morgan fingerprint density at radius 3 is 2.48 bits per heavy atom. The lowest BCUT2D eigenvalue weighted by atomic mass is 10.2. The van der Waals surface area contributed by atoms with Crippen LogP contribution in [0.25, 0.3) is 10.6 Å². The zero-order valence-corrected chi connectivity index (χ0v) is 16.1. The molecule has 0 spiro atoms. The minimum Gasteiger partial charge on any atom is -0.497 e. The Morgan fingerprint density at radius 2 is 1.85 bits per heavy atom. The van der Waals surface area contributed by atoms with Crippen LogP contribution in [-0.4, -0.2) is 23.9 Å². The lowest BCUT2D eigenvalue weighted by molar-refractivity contribution is -0.114. The molecule has 0 saturated carbocycles. The topological polar surface area (TPSA) is 80.3 Å². The Balaban J connectivity index is 1.73. The second-order valence-electron chi connectivity index (χ2n) is 5.60. The van der Waals surface area contributed by atoms with E-state index in [1.165, 1.54) is 18.3 Å². The molecule has 1 aromatic heterocycles. The van der Waals surface area contributed by atoms with Crippen molar-refractivity contribution in [2.45, 2.75) is 6.92 Å². The fourth-order valence-electron chi connectivity index (χ4n) is 2.33. The van der Waals surface area contributed by atoms with Crippen LogP contribution < -0.4 is 15.4 Å². The van der Waals surface area contributed by atoms with E-state index in [9.17, 15) is 9.59 Å². The van der Waals surface area contributed by atoms with Gasteiger partial charge in [-0.25, -0.2) is 4.98 Å². The number of amides is 2. The molecule has 0 radical (unpaired) electrons. The van der Waals surface area contributed by atoms with Crippen molar-refractivity contribution in [1.29, 1.82) is 0 Å². The predicted octanol–water partition coefficient (Wildman–Crippen LogP) is 4.68. The highest BCUT2D eigenvalue weighted by Gasteiger charge is 2.14. The quantitative estimate of drug-likeness (QED) is 0.650. The summed E-state index contributed by atoms with van der Waals surface area (Å²) in [5, 5.41) is 8.10. The fourth-order valence-corrected chi connectivity index (χ4v) is 3.36. The minimum absolute atomic E-state index is 0.198.